The molecule has 4 aliphatic rings. The number of carbonyl (C=O) groups excluding carboxylic acids is 1. The molecule has 0 N–H and O–H groups in total. The zero-order chi connectivity index (χ0) is 21.2. The van der Waals surface area contributed by atoms with E-state index in [0.717, 1.165) is 19.3 Å². The molecule has 0 atom stereocenters. The zero-order valence-corrected chi connectivity index (χ0v) is 17.9. The van der Waals surface area contributed by atoms with Crippen LogP contribution in [-0.4, -0.2) is 42.3 Å². The lowest BCUT2D eigenvalue weighted by Gasteiger charge is -2.56. The van der Waals surface area contributed by atoms with Crippen LogP contribution in [0, 0.1) is 27.9 Å². The Balaban J connectivity index is 1.46. The molecular formula is C20H25ClN6O3. The average molecular weight is 433 g/mol. The van der Waals surface area contributed by atoms with E-state index in [0.29, 0.717) is 28.5 Å². The van der Waals surface area contributed by atoms with Gasteiger partial charge in [0.15, 0.2) is 0 Å². The Labute approximate surface area is 179 Å². The van der Waals surface area contributed by atoms with E-state index in [1.165, 1.54) is 36.6 Å². The fourth-order valence-electron chi connectivity index (χ4n) is 6.33. The molecule has 0 saturated heterocycles. The largest absolute Gasteiger partial charge is 0.334 e. The first-order valence-corrected chi connectivity index (χ1v) is 10.8. The summed E-state index contributed by atoms with van der Waals surface area (Å²) in [6, 6.07) is 0. The molecule has 160 valence electrons. The van der Waals surface area contributed by atoms with E-state index in [1.54, 1.807) is 23.5 Å². The van der Waals surface area contributed by atoms with Crippen LogP contribution in [0.25, 0.3) is 0 Å². The summed E-state index contributed by atoms with van der Waals surface area (Å²) in [5, 5.41) is 20.8. The van der Waals surface area contributed by atoms with Crippen LogP contribution in [0.3, 0.4) is 0 Å². The van der Waals surface area contributed by atoms with E-state index in [9.17, 15) is 14.9 Å². The van der Waals surface area contributed by atoms with Crippen molar-refractivity contribution in [1.82, 2.24) is 24.5 Å². The third-order valence-electron chi connectivity index (χ3n) is 7.33. The second kappa shape index (κ2) is 6.80. The van der Waals surface area contributed by atoms with Gasteiger partial charge in [0.1, 0.15) is 6.20 Å². The Bertz CT molecular complexity index is 973. The molecule has 0 radical (unpaired) electrons. The highest BCUT2D eigenvalue weighted by Crippen LogP contribution is 2.58. The van der Waals surface area contributed by atoms with Gasteiger partial charge in [0.2, 0.25) is 5.69 Å². The normalized spacial score (nSPS) is 29.4. The molecule has 0 aliphatic heterocycles. The topological polar surface area (TPSA) is 99.1 Å². The van der Waals surface area contributed by atoms with Gasteiger partial charge in [0.25, 0.3) is 5.91 Å². The average Bonchev–Trinajstić information content (AvgIpc) is 3.26. The van der Waals surface area contributed by atoms with Gasteiger partial charge in [0, 0.05) is 14.1 Å². The zero-order valence-electron chi connectivity index (χ0n) is 17.1. The maximum absolute atomic E-state index is 13.1. The second-order valence-corrected chi connectivity index (χ2v) is 9.84. The predicted molar refractivity (Wildman–Crippen MR) is 109 cm³/mol. The monoisotopic (exact) mass is 432 g/mol. The number of nitro groups is 1. The summed E-state index contributed by atoms with van der Waals surface area (Å²) in [5.41, 5.74) is 0.160. The fraction of sp³-hybridized carbons (Fsp3) is 0.650. The molecule has 6 rings (SSSR count). The Hall–Kier alpha value is -2.42. The highest BCUT2D eigenvalue weighted by atomic mass is 35.5. The lowest BCUT2D eigenvalue weighted by atomic mass is 9.53. The summed E-state index contributed by atoms with van der Waals surface area (Å²) in [4.78, 5) is 25.8. The number of aromatic nitrogens is 4. The van der Waals surface area contributed by atoms with Crippen molar-refractivity contribution >= 4 is 23.2 Å². The van der Waals surface area contributed by atoms with E-state index in [1.807, 2.05) is 0 Å². The van der Waals surface area contributed by atoms with Gasteiger partial charge in [-0.2, -0.15) is 10.2 Å². The van der Waals surface area contributed by atoms with Crippen LogP contribution in [0.1, 0.15) is 54.7 Å². The van der Waals surface area contributed by atoms with Gasteiger partial charge in [-0.05, 0) is 56.3 Å². The summed E-state index contributed by atoms with van der Waals surface area (Å²) in [6.07, 6.45) is 9.82. The first kappa shape index (κ1) is 19.5. The lowest BCUT2D eigenvalue weighted by molar-refractivity contribution is -0.385. The maximum atomic E-state index is 13.1. The van der Waals surface area contributed by atoms with Crippen LogP contribution in [0.4, 0.5) is 5.69 Å². The fourth-order valence-corrected chi connectivity index (χ4v) is 6.56. The number of hydrogen-bond donors (Lipinski definition) is 0. The first-order chi connectivity index (χ1) is 14.3. The summed E-state index contributed by atoms with van der Waals surface area (Å²) >= 11 is 6.15. The van der Waals surface area contributed by atoms with Crippen LogP contribution in [0.2, 0.25) is 5.02 Å². The molecule has 0 unspecified atom stereocenters. The molecule has 9 nitrogen and oxygen atoms in total. The van der Waals surface area contributed by atoms with Crippen LogP contribution in [0.15, 0.2) is 12.4 Å². The number of aryl methyl sites for hydroxylation is 1. The molecule has 30 heavy (non-hydrogen) atoms. The van der Waals surface area contributed by atoms with Crippen molar-refractivity contribution in [3.63, 3.8) is 0 Å². The van der Waals surface area contributed by atoms with Crippen molar-refractivity contribution in [2.45, 2.75) is 50.6 Å². The van der Waals surface area contributed by atoms with Crippen molar-refractivity contribution in [1.29, 1.82) is 0 Å². The van der Waals surface area contributed by atoms with Crippen molar-refractivity contribution < 1.29 is 9.72 Å². The highest BCUT2D eigenvalue weighted by Gasteiger charge is 2.53. The Kier molecular flexibility index (Phi) is 4.43. The van der Waals surface area contributed by atoms with Gasteiger partial charge in [0.05, 0.1) is 33.9 Å². The molecule has 4 bridgehead atoms. The standard InChI is InChI=1S/C20H25ClN6O3/c1-24(10-16-15(21)9-22-25(16)2)19(28)18-17(27(29)30)11-26(23-18)20-6-12-3-13(7-20)5-14(4-12)8-20/h9,11-14H,3-8,10H2,1-2H3. The molecule has 2 heterocycles. The number of carbonyl (C=O) groups is 1. The predicted octanol–water partition coefficient (Wildman–Crippen LogP) is 3.38. The van der Waals surface area contributed by atoms with Gasteiger partial charge in [-0.1, -0.05) is 11.6 Å². The molecule has 4 fully saturated rings. The van der Waals surface area contributed by atoms with Gasteiger partial charge < -0.3 is 4.90 Å². The van der Waals surface area contributed by atoms with E-state index in [4.69, 9.17) is 11.6 Å². The molecule has 4 aliphatic carbocycles. The number of hydrogen-bond acceptors (Lipinski definition) is 5. The number of nitrogens with zero attached hydrogens (tertiary/aromatic N) is 6. The van der Waals surface area contributed by atoms with E-state index >= 15 is 0 Å². The van der Waals surface area contributed by atoms with E-state index in [-0.39, 0.29) is 23.5 Å². The van der Waals surface area contributed by atoms with Crippen LogP contribution >= 0.6 is 11.6 Å². The van der Waals surface area contributed by atoms with E-state index in [2.05, 4.69) is 10.2 Å². The Morgan fingerprint density at radius 2 is 1.90 bits per heavy atom. The number of amides is 1. The van der Waals surface area contributed by atoms with Crippen molar-refractivity contribution in [3.05, 3.63) is 38.9 Å². The molecule has 10 heteroatoms. The minimum Gasteiger partial charge on any atom is -0.334 e. The van der Waals surface area contributed by atoms with Gasteiger partial charge >= 0.3 is 5.69 Å². The third-order valence-corrected chi connectivity index (χ3v) is 7.65. The van der Waals surface area contributed by atoms with Crippen molar-refractivity contribution in [2.75, 3.05) is 7.05 Å². The minimum absolute atomic E-state index is 0.100. The Morgan fingerprint density at radius 3 is 2.40 bits per heavy atom. The summed E-state index contributed by atoms with van der Waals surface area (Å²) in [7, 11) is 3.34. The van der Waals surface area contributed by atoms with Crippen molar-refractivity contribution in [2.24, 2.45) is 24.8 Å². The maximum Gasteiger partial charge on any atom is 0.320 e. The van der Waals surface area contributed by atoms with Crippen LogP contribution in [0.5, 0.6) is 0 Å². The smallest absolute Gasteiger partial charge is 0.320 e. The van der Waals surface area contributed by atoms with E-state index < -0.39 is 10.8 Å². The lowest BCUT2D eigenvalue weighted by Crippen LogP contribution is -2.52. The second-order valence-electron chi connectivity index (χ2n) is 9.43. The van der Waals surface area contributed by atoms with Gasteiger partial charge in [-0.3, -0.25) is 24.3 Å². The minimum atomic E-state index is -0.498. The molecule has 0 aromatic carbocycles. The quantitative estimate of drug-likeness (QED) is 0.532. The SMILES string of the molecule is CN(Cc1c(Cl)cnn1C)C(=O)c1nn(C23CC4CC(CC(C4)C2)C3)cc1[N+](=O)[O-]. The molecule has 4 saturated carbocycles. The van der Waals surface area contributed by atoms with Crippen molar-refractivity contribution in [3.8, 4) is 0 Å². The molecule has 1 amide bonds. The number of rotatable bonds is 5. The summed E-state index contributed by atoms with van der Waals surface area (Å²) < 4.78 is 3.36. The first-order valence-electron chi connectivity index (χ1n) is 10.4. The molecular weight excluding hydrogens is 408 g/mol. The number of halogens is 1. The molecule has 0 spiro atoms. The van der Waals surface area contributed by atoms with Gasteiger partial charge in [-0.15, -0.1) is 0 Å². The third kappa shape index (κ3) is 3.02. The molecule has 2 aromatic heterocycles. The van der Waals surface area contributed by atoms with Crippen LogP contribution < -0.4 is 0 Å². The van der Waals surface area contributed by atoms with Gasteiger partial charge in [-0.25, -0.2) is 0 Å². The molecule has 2 aromatic rings. The summed E-state index contributed by atoms with van der Waals surface area (Å²) in [6.45, 7) is 0.190. The highest BCUT2D eigenvalue weighted by molar-refractivity contribution is 6.31. The van der Waals surface area contributed by atoms with Crippen LogP contribution in [-0.2, 0) is 19.1 Å². The summed E-state index contributed by atoms with van der Waals surface area (Å²) in [5.74, 6) is 1.54. The Morgan fingerprint density at radius 1 is 1.30 bits per heavy atom.